The molecule has 0 radical (unpaired) electrons. The van der Waals surface area contributed by atoms with Gasteiger partial charge in [-0.2, -0.15) is 8.42 Å². The summed E-state index contributed by atoms with van der Waals surface area (Å²) in [6.07, 6.45) is 0. The molecule has 0 saturated heterocycles. The molecule has 0 spiro atoms. The summed E-state index contributed by atoms with van der Waals surface area (Å²) >= 11 is 0. The minimum atomic E-state index is -4.67. The van der Waals surface area contributed by atoms with Gasteiger partial charge in [0.25, 0.3) is 0 Å². The summed E-state index contributed by atoms with van der Waals surface area (Å²) in [6, 6.07) is 7.56. The van der Waals surface area contributed by atoms with Gasteiger partial charge in [0.1, 0.15) is 0 Å². The molecule has 0 atom stereocenters. The van der Waals surface area contributed by atoms with Gasteiger partial charge in [-0.25, -0.2) is 0 Å². The summed E-state index contributed by atoms with van der Waals surface area (Å²) in [7, 11) is -4.67. The number of fused-ring (bicyclic) bond motifs is 1. The highest BCUT2D eigenvalue weighted by molar-refractivity contribution is 7.79. The Labute approximate surface area is 86.5 Å². The fourth-order valence-electron chi connectivity index (χ4n) is 1.15. The molecule has 0 aliphatic carbocycles. The fraction of sp³-hybridized carbons (Fsp3) is 0.125. The topological polar surface area (TPSA) is 104 Å². The van der Waals surface area contributed by atoms with E-state index in [1.54, 1.807) is 0 Å². The molecule has 15 heavy (non-hydrogen) atoms. The number of hydrogen-bond donors (Lipinski definition) is 3. The molecule has 2 rings (SSSR count). The van der Waals surface area contributed by atoms with Crippen molar-refractivity contribution in [3.05, 3.63) is 29.8 Å². The Balaban J connectivity index is 0.000000195. The molecule has 82 valence electrons. The lowest BCUT2D eigenvalue weighted by Gasteiger charge is -1.92. The van der Waals surface area contributed by atoms with Gasteiger partial charge in [0, 0.05) is 11.3 Å². The average Bonchev–Trinajstić information content (AvgIpc) is 2.46. The summed E-state index contributed by atoms with van der Waals surface area (Å²) < 4.78 is 31.6. The molecule has 0 saturated carbocycles. The normalized spacial score (nSPS) is 13.6. The maximum absolute atomic E-state index is 11.0. The molecular formula is C8H9NO5S. The van der Waals surface area contributed by atoms with E-state index < -0.39 is 10.4 Å². The maximum atomic E-state index is 11.0. The van der Waals surface area contributed by atoms with Crippen LogP contribution in [0.3, 0.4) is 0 Å². The number of rotatable bonds is 0. The number of carbonyl (C=O) groups is 1. The first-order valence-corrected chi connectivity index (χ1v) is 5.33. The first-order chi connectivity index (χ1) is 6.88. The molecule has 1 aliphatic rings. The lowest BCUT2D eigenvalue weighted by Crippen LogP contribution is -2.00. The average molecular weight is 231 g/mol. The number of ketones is 1. The minimum Gasteiger partial charge on any atom is -0.377 e. The first kappa shape index (κ1) is 11.6. The minimum absolute atomic E-state index is 0.190. The van der Waals surface area contributed by atoms with Gasteiger partial charge in [-0.3, -0.25) is 13.9 Å². The van der Waals surface area contributed by atoms with Gasteiger partial charge in [0.05, 0.1) is 6.54 Å². The van der Waals surface area contributed by atoms with Crippen molar-refractivity contribution in [2.24, 2.45) is 0 Å². The molecule has 0 fully saturated rings. The largest absolute Gasteiger partial charge is 0.394 e. The molecule has 1 aliphatic heterocycles. The standard InChI is InChI=1S/C8H7NO.H2O4S/c10-8-5-9-7-4-2-1-3-6(7)8;1-5(2,3)4/h1-4,9H,5H2;(H2,1,2,3,4). The van der Waals surface area contributed by atoms with E-state index in [-0.39, 0.29) is 5.78 Å². The van der Waals surface area contributed by atoms with Gasteiger partial charge in [0.15, 0.2) is 5.78 Å². The third kappa shape index (κ3) is 4.07. The number of hydrogen-bond acceptors (Lipinski definition) is 4. The monoisotopic (exact) mass is 231 g/mol. The van der Waals surface area contributed by atoms with Crippen molar-refractivity contribution < 1.29 is 22.3 Å². The molecule has 0 aromatic heterocycles. The number of nitrogens with one attached hydrogen (secondary N) is 1. The Morgan fingerprint density at radius 3 is 2.27 bits per heavy atom. The van der Waals surface area contributed by atoms with E-state index in [4.69, 9.17) is 17.5 Å². The van der Waals surface area contributed by atoms with E-state index in [1.165, 1.54) is 0 Å². The lowest BCUT2D eigenvalue weighted by atomic mass is 10.1. The lowest BCUT2D eigenvalue weighted by molar-refractivity contribution is 0.101. The number of carbonyl (C=O) groups excluding carboxylic acids is 1. The van der Waals surface area contributed by atoms with E-state index in [0.29, 0.717) is 6.54 Å². The Hall–Kier alpha value is -1.44. The summed E-state index contributed by atoms with van der Waals surface area (Å²) in [6.45, 7) is 0.458. The van der Waals surface area contributed by atoms with Crippen LogP contribution in [0.15, 0.2) is 24.3 Å². The zero-order valence-corrected chi connectivity index (χ0v) is 8.36. The highest BCUT2D eigenvalue weighted by Crippen LogP contribution is 2.20. The second kappa shape index (κ2) is 4.39. The third-order valence-corrected chi connectivity index (χ3v) is 1.67. The van der Waals surface area contributed by atoms with Crippen LogP contribution in [-0.2, 0) is 10.4 Å². The molecule has 3 N–H and O–H groups in total. The Morgan fingerprint density at radius 1 is 1.20 bits per heavy atom. The van der Waals surface area contributed by atoms with Gasteiger partial charge in [-0.1, -0.05) is 12.1 Å². The van der Waals surface area contributed by atoms with Crippen molar-refractivity contribution in [3.63, 3.8) is 0 Å². The van der Waals surface area contributed by atoms with Crippen LogP contribution in [0.5, 0.6) is 0 Å². The van der Waals surface area contributed by atoms with Crippen LogP contribution in [0.4, 0.5) is 5.69 Å². The number of para-hydroxylation sites is 1. The summed E-state index contributed by atoms with van der Waals surface area (Å²) in [5, 5.41) is 3.00. The van der Waals surface area contributed by atoms with E-state index in [2.05, 4.69) is 5.32 Å². The Morgan fingerprint density at radius 2 is 1.73 bits per heavy atom. The van der Waals surface area contributed by atoms with Crippen molar-refractivity contribution in [2.75, 3.05) is 11.9 Å². The molecule has 6 nitrogen and oxygen atoms in total. The van der Waals surface area contributed by atoms with Crippen LogP contribution >= 0.6 is 0 Å². The van der Waals surface area contributed by atoms with Gasteiger partial charge >= 0.3 is 10.4 Å². The van der Waals surface area contributed by atoms with Crippen LogP contribution in [0.25, 0.3) is 0 Å². The van der Waals surface area contributed by atoms with E-state index >= 15 is 0 Å². The molecule has 1 heterocycles. The second-order valence-corrected chi connectivity index (χ2v) is 3.67. The zero-order valence-electron chi connectivity index (χ0n) is 7.54. The van der Waals surface area contributed by atoms with Crippen molar-refractivity contribution in [1.29, 1.82) is 0 Å². The highest BCUT2D eigenvalue weighted by atomic mass is 32.3. The van der Waals surface area contributed by atoms with Crippen LogP contribution in [-0.4, -0.2) is 29.9 Å². The zero-order chi connectivity index (χ0) is 11.5. The molecule has 0 amide bonds. The predicted molar refractivity (Wildman–Crippen MR) is 53.4 cm³/mol. The van der Waals surface area contributed by atoms with Gasteiger partial charge in [-0.15, -0.1) is 0 Å². The predicted octanol–water partition coefficient (Wildman–Crippen LogP) is 0.642. The van der Waals surface area contributed by atoms with E-state index in [1.807, 2.05) is 24.3 Å². The van der Waals surface area contributed by atoms with Crippen LogP contribution in [0.1, 0.15) is 10.4 Å². The van der Waals surface area contributed by atoms with E-state index in [0.717, 1.165) is 11.3 Å². The summed E-state index contributed by atoms with van der Waals surface area (Å²) in [5.74, 6) is 0.190. The molecule has 0 unspecified atom stereocenters. The third-order valence-electron chi connectivity index (χ3n) is 1.67. The molecule has 1 aromatic carbocycles. The number of anilines is 1. The fourth-order valence-corrected chi connectivity index (χ4v) is 1.15. The van der Waals surface area contributed by atoms with Gasteiger partial charge < -0.3 is 5.32 Å². The maximum Gasteiger partial charge on any atom is 0.394 e. The SMILES string of the molecule is O=C1CNc2ccccc21.O=S(=O)(O)O. The summed E-state index contributed by atoms with van der Waals surface area (Å²) in [5.41, 5.74) is 1.79. The second-order valence-electron chi connectivity index (χ2n) is 2.77. The highest BCUT2D eigenvalue weighted by Gasteiger charge is 2.16. The summed E-state index contributed by atoms with van der Waals surface area (Å²) in [4.78, 5) is 11.0. The number of Topliss-reactive ketones (excluding diaryl/α,β-unsaturated/α-hetero) is 1. The number of benzene rings is 1. The van der Waals surface area contributed by atoms with Crippen molar-refractivity contribution in [3.8, 4) is 0 Å². The smallest absolute Gasteiger partial charge is 0.377 e. The Bertz CT molecular complexity index is 460. The Kier molecular flexibility index (Phi) is 3.40. The molecule has 7 heteroatoms. The molecule has 0 bridgehead atoms. The van der Waals surface area contributed by atoms with Gasteiger partial charge in [0.2, 0.25) is 0 Å². The molecule has 1 aromatic rings. The van der Waals surface area contributed by atoms with Crippen LogP contribution < -0.4 is 5.32 Å². The molecular weight excluding hydrogens is 222 g/mol. The van der Waals surface area contributed by atoms with Crippen molar-refractivity contribution >= 4 is 21.9 Å². The van der Waals surface area contributed by atoms with Crippen LogP contribution in [0, 0.1) is 0 Å². The quantitative estimate of drug-likeness (QED) is 0.566. The van der Waals surface area contributed by atoms with Gasteiger partial charge in [-0.05, 0) is 12.1 Å². The first-order valence-electron chi connectivity index (χ1n) is 3.94. The van der Waals surface area contributed by atoms with E-state index in [9.17, 15) is 4.79 Å². The van der Waals surface area contributed by atoms with Crippen molar-refractivity contribution in [1.82, 2.24) is 0 Å². The van der Waals surface area contributed by atoms with Crippen LogP contribution in [0.2, 0.25) is 0 Å². The van der Waals surface area contributed by atoms with Crippen molar-refractivity contribution in [2.45, 2.75) is 0 Å².